The first kappa shape index (κ1) is 20.2. The average molecular weight is 411 g/mol. The molecule has 0 bridgehead atoms. The van der Waals surface area contributed by atoms with Crippen LogP contribution in [0.5, 0.6) is 0 Å². The van der Waals surface area contributed by atoms with Crippen LogP contribution >= 0.6 is 0 Å². The molecule has 20 heavy (non-hydrogen) atoms. The van der Waals surface area contributed by atoms with Crippen molar-refractivity contribution in [1.82, 2.24) is 0 Å². The van der Waals surface area contributed by atoms with Gasteiger partial charge in [0.15, 0.2) is 0 Å². The van der Waals surface area contributed by atoms with Gasteiger partial charge in [-0.1, -0.05) is 0 Å². The summed E-state index contributed by atoms with van der Waals surface area (Å²) in [5, 5.41) is 0. The Hall–Kier alpha value is 0.209. The van der Waals surface area contributed by atoms with Crippen LogP contribution in [0.4, 0.5) is 22.0 Å². The Bertz CT molecular complexity index is 298. The standard InChI is InChI=1S/C8H17O.C4H4F5.O.Sn/c1-2-3-4-5-6-7-8-9;1-2(5)4(8,9)3(6)7;;/h2-8H2,1H3;2H,1H3;;/q-1;;;+1. The van der Waals surface area contributed by atoms with E-state index in [1.807, 2.05) is 6.92 Å². The molecule has 120 valence electrons. The summed E-state index contributed by atoms with van der Waals surface area (Å²) in [7, 11) is 0. The number of halogens is 5. The first-order valence-corrected chi connectivity index (χ1v) is 10.5. The first-order valence-electron chi connectivity index (χ1n) is 6.74. The van der Waals surface area contributed by atoms with Gasteiger partial charge in [-0.3, -0.25) is 0 Å². The zero-order valence-corrected chi connectivity index (χ0v) is 14.6. The second kappa shape index (κ2) is 9.27. The predicted molar refractivity (Wildman–Crippen MR) is 66.2 cm³/mol. The Labute approximate surface area is 123 Å². The second-order valence-electron chi connectivity index (χ2n) is 4.72. The van der Waals surface area contributed by atoms with Crippen molar-refractivity contribution in [3.05, 3.63) is 0 Å². The second-order valence-corrected chi connectivity index (χ2v) is 8.97. The minimum atomic E-state index is -5.34. The Balaban J connectivity index is 4.08. The molecular formula is C12H21F5O2Sn. The molecule has 0 aliphatic heterocycles. The van der Waals surface area contributed by atoms with Crippen LogP contribution in [0.1, 0.15) is 52.4 Å². The molecule has 1 unspecified atom stereocenters. The van der Waals surface area contributed by atoms with E-state index in [9.17, 15) is 25.0 Å². The van der Waals surface area contributed by atoms with E-state index in [4.69, 9.17) is 0 Å². The van der Waals surface area contributed by atoms with Crippen LogP contribution < -0.4 is 0 Å². The van der Waals surface area contributed by atoms with Crippen LogP contribution in [0.25, 0.3) is 0 Å². The van der Waals surface area contributed by atoms with E-state index >= 15 is 0 Å². The molecule has 0 amide bonds. The van der Waals surface area contributed by atoms with Crippen LogP contribution in [-0.2, 0) is 6.15 Å². The van der Waals surface area contributed by atoms with Crippen molar-refractivity contribution in [3.63, 3.8) is 0 Å². The van der Waals surface area contributed by atoms with Crippen molar-refractivity contribution in [1.29, 1.82) is 0 Å². The van der Waals surface area contributed by atoms with Gasteiger partial charge < -0.3 is 0 Å². The number of rotatable bonds is 11. The fourth-order valence-corrected chi connectivity index (χ4v) is 4.33. The summed E-state index contributed by atoms with van der Waals surface area (Å²) >= 11 is -5.34. The van der Waals surface area contributed by atoms with Gasteiger partial charge in [0.05, 0.1) is 0 Å². The molecule has 8 heteroatoms. The van der Waals surface area contributed by atoms with E-state index in [1.165, 1.54) is 0 Å². The van der Waals surface area contributed by atoms with Gasteiger partial charge in [-0.2, -0.15) is 0 Å². The third kappa shape index (κ3) is 5.91. The normalized spacial score (nSPS) is 14.3. The van der Waals surface area contributed by atoms with Gasteiger partial charge in [-0.15, -0.1) is 0 Å². The van der Waals surface area contributed by atoms with E-state index in [-0.39, 0.29) is 6.61 Å². The first-order chi connectivity index (χ1) is 9.17. The van der Waals surface area contributed by atoms with E-state index in [0.717, 1.165) is 25.7 Å². The third-order valence-electron chi connectivity index (χ3n) is 2.91. The maximum absolute atomic E-state index is 13.2. The number of unbranched alkanes of at least 4 members (excludes halogenated alkanes) is 5. The third-order valence-corrected chi connectivity index (χ3v) is 6.65. The summed E-state index contributed by atoms with van der Waals surface area (Å²) in [5.41, 5.74) is 0. The number of hydrogen-bond acceptors (Lipinski definition) is 2. The van der Waals surface area contributed by atoms with Crippen molar-refractivity contribution < 1.29 is 28.1 Å². The Morgan fingerprint density at radius 1 is 1.05 bits per heavy atom. The molecule has 0 rings (SSSR count). The summed E-state index contributed by atoms with van der Waals surface area (Å²) in [5.74, 6) is -4.94. The van der Waals surface area contributed by atoms with Gasteiger partial charge in [0.2, 0.25) is 0 Å². The maximum atomic E-state index is 13.2. The number of alkyl halides is 5. The van der Waals surface area contributed by atoms with E-state index in [0.29, 0.717) is 19.8 Å². The van der Waals surface area contributed by atoms with Gasteiger partial charge in [-0.05, 0) is 0 Å². The monoisotopic (exact) mass is 412 g/mol. The van der Waals surface area contributed by atoms with Crippen molar-refractivity contribution in [2.75, 3.05) is 6.61 Å². The molecule has 0 aromatic carbocycles. The molecule has 0 fully saturated rings. The van der Waals surface area contributed by atoms with Gasteiger partial charge in [0.1, 0.15) is 0 Å². The average Bonchev–Trinajstić information content (AvgIpc) is 2.36. The molecule has 0 saturated carbocycles. The minimum absolute atomic E-state index is 0.239. The molecule has 0 heterocycles. The summed E-state index contributed by atoms with van der Waals surface area (Å²) in [6.45, 7) is 2.13. The van der Waals surface area contributed by atoms with Crippen LogP contribution in [0.15, 0.2) is 0 Å². The van der Waals surface area contributed by atoms with Gasteiger partial charge in [0.25, 0.3) is 0 Å². The quantitative estimate of drug-likeness (QED) is 0.286. The van der Waals surface area contributed by atoms with Crippen LogP contribution in [0, 0.1) is 0 Å². The van der Waals surface area contributed by atoms with Gasteiger partial charge in [-0.25, -0.2) is 0 Å². The SMILES string of the molecule is CCCCCCCC[O][Sn](=[O])[C](F)(F)C(F)(F)C(C)F. The summed E-state index contributed by atoms with van der Waals surface area (Å²) in [6.07, 6.45) is 2.07. The Morgan fingerprint density at radius 2 is 1.55 bits per heavy atom. The van der Waals surface area contributed by atoms with Crippen molar-refractivity contribution in [3.8, 4) is 0 Å². The van der Waals surface area contributed by atoms with Gasteiger partial charge >= 0.3 is 123 Å². The van der Waals surface area contributed by atoms with Crippen LogP contribution in [-0.4, -0.2) is 42.8 Å². The summed E-state index contributed by atoms with van der Waals surface area (Å²) in [6, 6.07) is 0. The van der Waals surface area contributed by atoms with E-state index in [2.05, 4.69) is 3.07 Å². The zero-order chi connectivity index (χ0) is 15.8. The molecule has 0 radical (unpaired) electrons. The number of hydrogen-bond donors (Lipinski definition) is 0. The van der Waals surface area contributed by atoms with Gasteiger partial charge in [0, 0.05) is 0 Å². The predicted octanol–water partition coefficient (Wildman–Crippen LogP) is 4.45. The van der Waals surface area contributed by atoms with E-state index in [1.54, 1.807) is 0 Å². The van der Waals surface area contributed by atoms with Crippen molar-refractivity contribution in [2.45, 2.75) is 68.4 Å². The molecule has 0 aliphatic carbocycles. The Morgan fingerprint density at radius 3 is 2.05 bits per heavy atom. The van der Waals surface area contributed by atoms with Crippen LogP contribution in [0.2, 0.25) is 0 Å². The Kier molecular flexibility index (Phi) is 9.37. The summed E-state index contributed by atoms with van der Waals surface area (Å²) in [4.78, 5) is 0. The van der Waals surface area contributed by atoms with Crippen molar-refractivity contribution >= 4 is 20.2 Å². The topological polar surface area (TPSA) is 26.3 Å². The molecule has 0 N–H and O–H groups in total. The molecule has 2 nitrogen and oxygen atoms in total. The molecule has 1 atom stereocenters. The fraction of sp³-hybridized carbons (Fsp3) is 1.00. The zero-order valence-electron chi connectivity index (χ0n) is 11.7. The summed E-state index contributed by atoms with van der Waals surface area (Å²) < 4.78 is 75.5. The molecule has 0 aromatic rings. The molecule has 0 saturated heterocycles. The fourth-order valence-electron chi connectivity index (χ4n) is 1.52. The molecule has 0 spiro atoms. The van der Waals surface area contributed by atoms with Crippen LogP contribution in [0.3, 0.4) is 0 Å². The molecular weight excluding hydrogens is 390 g/mol. The molecule has 0 aliphatic rings. The van der Waals surface area contributed by atoms with Crippen molar-refractivity contribution in [2.24, 2.45) is 0 Å². The molecule has 0 aromatic heterocycles. The van der Waals surface area contributed by atoms with E-state index < -0.39 is 36.2 Å².